The molecule has 2 unspecified atom stereocenters. The first-order valence-corrected chi connectivity index (χ1v) is 7.59. The number of anilines is 1. The molecule has 1 saturated heterocycles. The summed E-state index contributed by atoms with van der Waals surface area (Å²) in [5.41, 5.74) is 1.99. The Morgan fingerprint density at radius 1 is 1.15 bits per heavy atom. The lowest BCUT2D eigenvalue weighted by Crippen LogP contribution is -2.46. The van der Waals surface area contributed by atoms with Crippen LogP contribution in [0.15, 0.2) is 24.3 Å². The molecule has 0 aliphatic carbocycles. The monoisotopic (exact) mass is 274 g/mol. The van der Waals surface area contributed by atoms with E-state index in [0.717, 1.165) is 56.4 Å². The van der Waals surface area contributed by atoms with Crippen LogP contribution in [0.3, 0.4) is 0 Å². The lowest BCUT2D eigenvalue weighted by Gasteiger charge is -2.32. The van der Waals surface area contributed by atoms with Gasteiger partial charge < -0.3 is 15.3 Å². The van der Waals surface area contributed by atoms with Crippen LogP contribution in [-0.4, -0.2) is 30.1 Å². The van der Waals surface area contributed by atoms with Crippen LogP contribution in [0.25, 0.3) is 0 Å². The molecular formula is C16H22N2O2. The van der Waals surface area contributed by atoms with Crippen molar-refractivity contribution < 1.29 is 9.90 Å². The molecule has 1 aromatic rings. The number of benzene rings is 1. The van der Waals surface area contributed by atoms with Gasteiger partial charge in [-0.3, -0.25) is 4.79 Å². The Morgan fingerprint density at radius 3 is 2.90 bits per heavy atom. The molecule has 1 fully saturated rings. The number of rotatable bonds is 1. The van der Waals surface area contributed by atoms with Crippen molar-refractivity contribution in [2.45, 2.75) is 44.2 Å². The van der Waals surface area contributed by atoms with Gasteiger partial charge in [0.2, 0.25) is 5.91 Å². The number of hydrogen-bond acceptors (Lipinski definition) is 3. The van der Waals surface area contributed by atoms with E-state index >= 15 is 0 Å². The molecule has 0 aromatic heterocycles. The largest absolute Gasteiger partial charge is 0.388 e. The minimum atomic E-state index is -0.412. The fourth-order valence-electron chi connectivity index (χ4n) is 3.31. The zero-order chi connectivity index (χ0) is 13.9. The number of aliphatic hydroxyl groups is 1. The highest BCUT2D eigenvalue weighted by atomic mass is 16.3. The van der Waals surface area contributed by atoms with E-state index in [4.69, 9.17) is 0 Å². The van der Waals surface area contributed by atoms with Crippen LogP contribution >= 0.6 is 0 Å². The fourth-order valence-corrected chi connectivity index (χ4v) is 3.31. The Labute approximate surface area is 119 Å². The van der Waals surface area contributed by atoms with Gasteiger partial charge in [0, 0.05) is 24.3 Å². The molecule has 2 aliphatic heterocycles. The highest BCUT2D eigenvalue weighted by molar-refractivity contribution is 5.86. The first kappa shape index (κ1) is 13.4. The van der Waals surface area contributed by atoms with Crippen LogP contribution in [-0.2, 0) is 4.79 Å². The molecule has 20 heavy (non-hydrogen) atoms. The molecule has 2 heterocycles. The molecule has 0 spiro atoms. The Kier molecular flexibility index (Phi) is 3.92. The molecule has 4 nitrogen and oxygen atoms in total. The predicted octanol–water partition coefficient (Wildman–Crippen LogP) is 1.99. The molecule has 1 amide bonds. The van der Waals surface area contributed by atoms with Crippen molar-refractivity contribution in [3.63, 3.8) is 0 Å². The molecule has 2 atom stereocenters. The SMILES string of the molecule is O=C1NCCCCC1N1CCCC(O)c2ccccc21. The summed E-state index contributed by atoms with van der Waals surface area (Å²) >= 11 is 0. The molecular weight excluding hydrogens is 252 g/mol. The third-order valence-corrected chi connectivity index (χ3v) is 4.36. The van der Waals surface area contributed by atoms with E-state index in [0.29, 0.717) is 0 Å². The van der Waals surface area contributed by atoms with E-state index < -0.39 is 6.10 Å². The van der Waals surface area contributed by atoms with E-state index in [2.05, 4.69) is 10.2 Å². The van der Waals surface area contributed by atoms with Gasteiger partial charge in [-0.15, -0.1) is 0 Å². The van der Waals surface area contributed by atoms with Gasteiger partial charge in [0.05, 0.1) is 6.10 Å². The molecule has 2 aliphatic rings. The summed E-state index contributed by atoms with van der Waals surface area (Å²) in [6.45, 7) is 1.62. The average Bonchev–Trinajstić information content (AvgIpc) is 2.76. The van der Waals surface area contributed by atoms with Gasteiger partial charge in [-0.05, 0) is 38.2 Å². The second-order valence-electron chi connectivity index (χ2n) is 5.71. The van der Waals surface area contributed by atoms with E-state index in [1.54, 1.807) is 0 Å². The van der Waals surface area contributed by atoms with Crippen molar-refractivity contribution in [2.75, 3.05) is 18.0 Å². The van der Waals surface area contributed by atoms with Crippen molar-refractivity contribution in [3.8, 4) is 0 Å². The topological polar surface area (TPSA) is 52.6 Å². The molecule has 108 valence electrons. The Bertz CT molecular complexity index is 489. The van der Waals surface area contributed by atoms with Crippen molar-refractivity contribution >= 4 is 11.6 Å². The maximum absolute atomic E-state index is 12.3. The van der Waals surface area contributed by atoms with Gasteiger partial charge in [-0.25, -0.2) is 0 Å². The normalized spacial score (nSPS) is 27.2. The zero-order valence-electron chi connectivity index (χ0n) is 11.7. The van der Waals surface area contributed by atoms with Gasteiger partial charge in [-0.1, -0.05) is 18.2 Å². The van der Waals surface area contributed by atoms with E-state index in [1.807, 2.05) is 24.3 Å². The quantitative estimate of drug-likeness (QED) is 0.823. The van der Waals surface area contributed by atoms with Crippen LogP contribution in [0.1, 0.15) is 43.8 Å². The van der Waals surface area contributed by atoms with Crippen LogP contribution in [0, 0.1) is 0 Å². The van der Waals surface area contributed by atoms with Crippen LogP contribution < -0.4 is 10.2 Å². The van der Waals surface area contributed by atoms with Crippen molar-refractivity contribution in [3.05, 3.63) is 29.8 Å². The number of para-hydroxylation sites is 1. The Morgan fingerprint density at radius 2 is 2.00 bits per heavy atom. The van der Waals surface area contributed by atoms with Gasteiger partial charge in [0.25, 0.3) is 0 Å². The van der Waals surface area contributed by atoms with Crippen molar-refractivity contribution in [1.82, 2.24) is 5.32 Å². The highest BCUT2D eigenvalue weighted by Gasteiger charge is 2.31. The molecule has 3 rings (SSSR count). The van der Waals surface area contributed by atoms with E-state index in [1.165, 1.54) is 0 Å². The summed E-state index contributed by atoms with van der Waals surface area (Å²) < 4.78 is 0. The molecule has 2 N–H and O–H groups in total. The summed E-state index contributed by atoms with van der Waals surface area (Å²) in [5, 5.41) is 13.3. The van der Waals surface area contributed by atoms with Crippen LogP contribution in [0.2, 0.25) is 0 Å². The summed E-state index contributed by atoms with van der Waals surface area (Å²) in [7, 11) is 0. The second-order valence-corrected chi connectivity index (χ2v) is 5.71. The second kappa shape index (κ2) is 5.83. The average molecular weight is 274 g/mol. The van der Waals surface area contributed by atoms with E-state index in [9.17, 15) is 9.90 Å². The third kappa shape index (κ3) is 2.52. The van der Waals surface area contributed by atoms with Gasteiger partial charge in [-0.2, -0.15) is 0 Å². The number of carbonyl (C=O) groups is 1. The molecule has 0 radical (unpaired) electrons. The molecule has 1 aromatic carbocycles. The molecule has 0 saturated carbocycles. The molecule has 4 heteroatoms. The zero-order valence-corrected chi connectivity index (χ0v) is 11.7. The Hall–Kier alpha value is -1.55. The smallest absolute Gasteiger partial charge is 0.242 e. The minimum Gasteiger partial charge on any atom is -0.388 e. The lowest BCUT2D eigenvalue weighted by molar-refractivity contribution is -0.122. The fraction of sp³-hybridized carbons (Fsp3) is 0.562. The van der Waals surface area contributed by atoms with Gasteiger partial charge >= 0.3 is 0 Å². The number of nitrogens with zero attached hydrogens (tertiary/aromatic N) is 1. The lowest BCUT2D eigenvalue weighted by atomic mass is 10.0. The first-order chi connectivity index (χ1) is 9.77. The number of fused-ring (bicyclic) bond motifs is 1. The predicted molar refractivity (Wildman–Crippen MR) is 78.6 cm³/mol. The van der Waals surface area contributed by atoms with Gasteiger partial charge in [0.1, 0.15) is 6.04 Å². The standard InChI is InChI=1S/C16H22N2O2/c19-15-9-5-11-18(13-7-2-1-6-12(13)15)14-8-3-4-10-17-16(14)20/h1-2,6-7,14-15,19H,3-5,8-11H2,(H,17,20). The van der Waals surface area contributed by atoms with E-state index in [-0.39, 0.29) is 11.9 Å². The van der Waals surface area contributed by atoms with Crippen LogP contribution in [0.5, 0.6) is 0 Å². The minimum absolute atomic E-state index is 0.0936. The summed E-state index contributed by atoms with van der Waals surface area (Å²) in [5.74, 6) is 0.133. The van der Waals surface area contributed by atoms with Crippen molar-refractivity contribution in [1.29, 1.82) is 0 Å². The first-order valence-electron chi connectivity index (χ1n) is 7.59. The van der Waals surface area contributed by atoms with Crippen molar-refractivity contribution in [2.24, 2.45) is 0 Å². The number of aliphatic hydroxyl groups excluding tert-OH is 1. The Balaban J connectivity index is 1.95. The summed E-state index contributed by atoms with van der Waals surface area (Å²) in [6, 6.07) is 7.86. The van der Waals surface area contributed by atoms with Gasteiger partial charge in [0.15, 0.2) is 0 Å². The maximum atomic E-state index is 12.3. The number of hydrogen-bond donors (Lipinski definition) is 2. The number of nitrogens with one attached hydrogen (secondary N) is 1. The summed E-state index contributed by atoms with van der Waals surface area (Å²) in [6.07, 6.45) is 4.30. The third-order valence-electron chi connectivity index (χ3n) is 4.36. The highest BCUT2D eigenvalue weighted by Crippen LogP contribution is 2.34. The number of carbonyl (C=O) groups excluding carboxylic acids is 1. The molecule has 0 bridgehead atoms. The summed E-state index contributed by atoms with van der Waals surface area (Å²) in [4.78, 5) is 14.5. The van der Waals surface area contributed by atoms with Crippen LogP contribution in [0.4, 0.5) is 5.69 Å². The number of amides is 1. The maximum Gasteiger partial charge on any atom is 0.242 e.